The molecule has 0 spiro atoms. The SMILES string of the molecule is CNS(=O)(=O)c1ccc(CNC(=O)CCC(=O)c2cc(C)ccc2C)cc1. The highest BCUT2D eigenvalue weighted by Gasteiger charge is 2.13. The summed E-state index contributed by atoms with van der Waals surface area (Å²) in [5.41, 5.74) is 3.35. The first kappa shape index (κ1) is 20.8. The summed E-state index contributed by atoms with van der Waals surface area (Å²) in [5, 5.41) is 2.75. The Kier molecular flexibility index (Phi) is 6.87. The molecule has 7 heteroatoms. The lowest BCUT2D eigenvalue weighted by molar-refractivity contribution is -0.121. The fourth-order valence-electron chi connectivity index (χ4n) is 2.59. The third-order valence-electron chi connectivity index (χ3n) is 4.26. The van der Waals surface area contributed by atoms with E-state index >= 15 is 0 Å². The van der Waals surface area contributed by atoms with Gasteiger partial charge >= 0.3 is 0 Å². The monoisotopic (exact) mass is 388 g/mol. The third-order valence-corrected chi connectivity index (χ3v) is 5.69. The van der Waals surface area contributed by atoms with Gasteiger partial charge in [0.2, 0.25) is 15.9 Å². The van der Waals surface area contributed by atoms with E-state index in [9.17, 15) is 18.0 Å². The van der Waals surface area contributed by atoms with Crippen LogP contribution in [0.1, 0.15) is 39.9 Å². The number of sulfonamides is 1. The van der Waals surface area contributed by atoms with Crippen LogP contribution in [0.5, 0.6) is 0 Å². The quantitative estimate of drug-likeness (QED) is 0.680. The molecule has 2 aromatic carbocycles. The predicted molar refractivity (Wildman–Crippen MR) is 104 cm³/mol. The van der Waals surface area contributed by atoms with Gasteiger partial charge in [-0.1, -0.05) is 29.8 Å². The van der Waals surface area contributed by atoms with Crippen molar-refractivity contribution >= 4 is 21.7 Å². The maximum Gasteiger partial charge on any atom is 0.240 e. The fourth-order valence-corrected chi connectivity index (χ4v) is 3.32. The Hall–Kier alpha value is -2.51. The van der Waals surface area contributed by atoms with Gasteiger partial charge in [0, 0.05) is 24.9 Å². The molecule has 0 aromatic heterocycles. The van der Waals surface area contributed by atoms with Gasteiger partial charge in [-0.05, 0) is 50.2 Å². The number of ketones is 1. The van der Waals surface area contributed by atoms with Crippen LogP contribution in [0.15, 0.2) is 47.4 Å². The molecular weight excluding hydrogens is 364 g/mol. The highest BCUT2D eigenvalue weighted by molar-refractivity contribution is 7.89. The van der Waals surface area contributed by atoms with E-state index in [-0.39, 0.29) is 36.0 Å². The Morgan fingerprint density at radius 3 is 2.26 bits per heavy atom. The summed E-state index contributed by atoms with van der Waals surface area (Å²) < 4.78 is 25.6. The highest BCUT2D eigenvalue weighted by atomic mass is 32.2. The second kappa shape index (κ2) is 8.92. The zero-order valence-electron chi connectivity index (χ0n) is 15.7. The lowest BCUT2D eigenvalue weighted by Crippen LogP contribution is -2.23. The molecule has 27 heavy (non-hydrogen) atoms. The van der Waals surface area contributed by atoms with Crippen molar-refractivity contribution in [2.75, 3.05) is 7.05 Å². The van der Waals surface area contributed by atoms with Crippen molar-refractivity contribution in [1.82, 2.24) is 10.0 Å². The van der Waals surface area contributed by atoms with Crippen LogP contribution in [0, 0.1) is 13.8 Å². The molecule has 144 valence electrons. The summed E-state index contributed by atoms with van der Waals surface area (Å²) in [5.74, 6) is -0.270. The lowest BCUT2D eigenvalue weighted by atomic mass is 9.99. The number of rotatable bonds is 8. The Morgan fingerprint density at radius 1 is 0.963 bits per heavy atom. The van der Waals surface area contributed by atoms with E-state index in [0.29, 0.717) is 5.56 Å². The van der Waals surface area contributed by atoms with Crippen molar-refractivity contribution in [3.63, 3.8) is 0 Å². The largest absolute Gasteiger partial charge is 0.352 e. The number of nitrogens with one attached hydrogen (secondary N) is 2. The number of hydrogen-bond donors (Lipinski definition) is 2. The normalized spacial score (nSPS) is 11.2. The molecule has 0 saturated carbocycles. The average molecular weight is 388 g/mol. The Bertz CT molecular complexity index is 935. The molecule has 2 rings (SSSR count). The topological polar surface area (TPSA) is 92.3 Å². The molecule has 0 aliphatic rings. The van der Waals surface area contributed by atoms with Crippen molar-refractivity contribution in [3.05, 3.63) is 64.7 Å². The number of benzene rings is 2. The number of Topliss-reactive ketones (excluding diaryl/α,β-unsaturated/α-hetero) is 1. The summed E-state index contributed by atoms with van der Waals surface area (Å²) in [6.45, 7) is 4.08. The summed E-state index contributed by atoms with van der Waals surface area (Å²) in [4.78, 5) is 24.5. The van der Waals surface area contributed by atoms with Crippen LogP contribution in [-0.4, -0.2) is 27.2 Å². The summed E-state index contributed by atoms with van der Waals surface area (Å²) in [7, 11) is -2.12. The van der Waals surface area contributed by atoms with E-state index in [4.69, 9.17) is 0 Å². The van der Waals surface area contributed by atoms with Crippen LogP contribution >= 0.6 is 0 Å². The number of aryl methyl sites for hydroxylation is 2. The summed E-state index contributed by atoms with van der Waals surface area (Å²) in [6.07, 6.45) is 0.258. The number of amides is 1. The van der Waals surface area contributed by atoms with Gasteiger partial charge in [-0.2, -0.15) is 0 Å². The van der Waals surface area contributed by atoms with Gasteiger partial charge in [0.25, 0.3) is 0 Å². The van der Waals surface area contributed by atoms with Gasteiger partial charge in [-0.25, -0.2) is 13.1 Å². The molecule has 0 unspecified atom stereocenters. The summed E-state index contributed by atoms with van der Waals surface area (Å²) in [6, 6.07) is 12.0. The minimum atomic E-state index is -3.47. The third kappa shape index (κ3) is 5.74. The molecule has 0 fully saturated rings. The van der Waals surface area contributed by atoms with Gasteiger partial charge in [0.15, 0.2) is 5.78 Å². The first-order valence-electron chi connectivity index (χ1n) is 8.62. The predicted octanol–water partition coefficient (Wildman–Crippen LogP) is 2.49. The van der Waals surface area contributed by atoms with Gasteiger partial charge < -0.3 is 5.32 Å². The Labute approximate surface area is 160 Å². The fraction of sp³-hybridized carbons (Fsp3) is 0.300. The molecular formula is C20H24N2O4S. The molecule has 6 nitrogen and oxygen atoms in total. The van der Waals surface area contributed by atoms with Gasteiger partial charge in [0.05, 0.1) is 4.90 Å². The lowest BCUT2D eigenvalue weighted by Gasteiger charge is -2.08. The molecule has 2 aromatic rings. The van der Waals surface area contributed by atoms with E-state index in [1.165, 1.54) is 19.2 Å². The van der Waals surface area contributed by atoms with Crippen molar-refractivity contribution in [2.24, 2.45) is 0 Å². The van der Waals surface area contributed by atoms with Crippen LogP contribution < -0.4 is 10.0 Å². The standard InChI is InChI=1S/C20H24N2O4S/c1-14-4-5-15(2)18(12-14)19(23)10-11-20(24)22-13-16-6-8-17(9-7-16)27(25,26)21-3/h4-9,12,21H,10-11,13H2,1-3H3,(H,22,24). The number of carbonyl (C=O) groups excluding carboxylic acids is 2. The van der Waals surface area contributed by atoms with E-state index in [2.05, 4.69) is 10.0 Å². The van der Waals surface area contributed by atoms with Gasteiger partial charge in [-0.15, -0.1) is 0 Å². The first-order chi connectivity index (χ1) is 12.7. The van der Waals surface area contributed by atoms with Gasteiger partial charge in [0.1, 0.15) is 0 Å². The van der Waals surface area contributed by atoms with Crippen LogP contribution in [0.2, 0.25) is 0 Å². The summed E-state index contributed by atoms with van der Waals surface area (Å²) >= 11 is 0. The zero-order valence-corrected chi connectivity index (χ0v) is 16.5. The molecule has 0 aliphatic heterocycles. The molecule has 0 heterocycles. The molecule has 2 N–H and O–H groups in total. The van der Waals surface area contributed by atoms with Crippen LogP contribution in [0.3, 0.4) is 0 Å². The van der Waals surface area contributed by atoms with Crippen LogP contribution in [-0.2, 0) is 21.4 Å². The van der Waals surface area contributed by atoms with E-state index in [0.717, 1.165) is 16.7 Å². The van der Waals surface area contributed by atoms with Crippen LogP contribution in [0.25, 0.3) is 0 Å². The molecule has 0 bridgehead atoms. The maximum atomic E-state index is 12.3. The van der Waals surface area contributed by atoms with Crippen molar-refractivity contribution < 1.29 is 18.0 Å². The first-order valence-corrected chi connectivity index (χ1v) is 10.1. The number of carbonyl (C=O) groups is 2. The minimum absolute atomic E-state index is 0.0482. The molecule has 1 amide bonds. The molecule has 0 atom stereocenters. The maximum absolute atomic E-state index is 12.3. The highest BCUT2D eigenvalue weighted by Crippen LogP contribution is 2.14. The Balaban J connectivity index is 1.86. The van der Waals surface area contributed by atoms with Crippen molar-refractivity contribution in [3.8, 4) is 0 Å². The smallest absolute Gasteiger partial charge is 0.240 e. The van der Waals surface area contributed by atoms with Crippen molar-refractivity contribution in [2.45, 2.75) is 38.1 Å². The Morgan fingerprint density at radius 2 is 1.63 bits per heavy atom. The van der Waals surface area contributed by atoms with E-state index in [1.54, 1.807) is 12.1 Å². The second-order valence-electron chi connectivity index (χ2n) is 6.37. The average Bonchev–Trinajstić information content (AvgIpc) is 2.66. The minimum Gasteiger partial charge on any atom is -0.352 e. The van der Waals surface area contributed by atoms with Crippen molar-refractivity contribution in [1.29, 1.82) is 0 Å². The zero-order chi connectivity index (χ0) is 20.0. The van der Waals surface area contributed by atoms with E-state index in [1.807, 2.05) is 32.0 Å². The number of hydrogen-bond acceptors (Lipinski definition) is 4. The van der Waals surface area contributed by atoms with Gasteiger partial charge in [-0.3, -0.25) is 9.59 Å². The van der Waals surface area contributed by atoms with E-state index < -0.39 is 10.0 Å². The molecule has 0 saturated heterocycles. The molecule has 0 radical (unpaired) electrons. The molecule has 0 aliphatic carbocycles. The second-order valence-corrected chi connectivity index (χ2v) is 8.26. The van der Waals surface area contributed by atoms with Crippen LogP contribution in [0.4, 0.5) is 0 Å².